The molecule has 1 aliphatic carbocycles. The summed E-state index contributed by atoms with van der Waals surface area (Å²) in [6.45, 7) is 1.97. The van der Waals surface area contributed by atoms with Crippen LogP contribution in [-0.4, -0.2) is 68.8 Å². The van der Waals surface area contributed by atoms with Crippen LogP contribution in [-0.2, 0) is 4.74 Å². The molecule has 18 heavy (non-hydrogen) atoms. The molecule has 0 spiro atoms. The molecule has 104 valence electrons. The highest BCUT2D eigenvalue weighted by atomic mass is 16.5. The van der Waals surface area contributed by atoms with Crippen LogP contribution in [0, 0.1) is 0 Å². The molecular formula is C12H20O6. The molecule has 2 aliphatic rings. The van der Waals surface area contributed by atoms with Gasteiger partial charge in [0.2, 0.25) is 0 Å². The average molecular weight is 260 g/mol. The molecule has 6 heteroatoms. The Morgan fingerprint density at radius 3 is 2.39 bits per heavy atom. The molecule has 1 aliphatic heterocycles. The van der Waals surface area contributed by atoms with Crippen LogP contribution < -0.4 is 0 Å². The summed E-state index contributed by atoms with van der Waals surface area (Å²) in [6, 6.07) is 0. The fourth-order valence-corrected chi connectivity index (χ4v) is 2.68. The molecular weight excluding hydrogens is 240 g/mol. The fraction of sp³-hybridized carbons (Fsp3) is 0.833. The molecule has 6 atom stereocenters. The Balaban J connectivity index is 2.28. The van der Waals surface area contributed by atoms with Crippen LogP contribution in [0.1, 0.15) is 19.8 Å². The van der Waals surface area contributed by atoms with Gasteiger partial charge in [0.15, 0.2) is 0 Å². The molecule has 0 fully saturated rings. The van der Waals surface area contributed by atoms with Crippen LogP contribution in [0.25, 0.3) is 0 Å². The largest absolute Gasteiger partial charge is 0.390 e. The van der Waals surface area contributed by atoms with Crippen molar-refractivity contribution < 1.29 is 30.3 Å². The SMILES string of the molecule is CCC[C@H](O)[C@@H]1OCC2=C1[C@H](O)[C@H](O)[C@H](O)[C@@H]2O. The second kappa shape index (κ2) is 5.24. The standard InChI is InChI=1S/C12H20O6/c1-2-3-6(13)12-7-5(4-18-12)8(14)10(16)11(17)9(7)15/h6,8-17H,2-4H2,1H3/t6-,8+,9-,10+,11-,12-/m0/s1. The fourth-order valence-electron chi connectivity index (χ4n) is 2.68. The van der Waals surface area contributed by atoms with E-state index in [9.17, 15) is 25.5 Å². The molecule has 0 aromatic carbocycles. The van der Waals surface area contributed by atoms with Gasteiger partial charge in [-0.05, 0) is 17.6 Å². The van der Waals surface area contributed by atoms with Crippen LogP contribution >= 0.6 is 0 Å². The van der Waals surface area contributed by atoms with Gasteiger partial charge >= 0.3 is 0 Å². The average Bonchev–Trinajstić information content (AvgIpc) is 2.79. The van der Waals surface area contributed by atoms with Gasteiger partial charge < -0.3 is 30.3 Å². The summed E-state index contributed by atoms with van der Waals surface area (Å²) >= 11 is 0. The molecule has 2 rings (SSSR count). The van der Waals surface area contributed by atoms with E-state index in [4.69, 9.17) is 4.74 Å². The third-order valence-electron chi connectivity index (χ3n) is 3.70. The normalized spacial score (nSPS) is 42.0. The minimum atomic E-state index is -1.46. The predicted molar refractivity (Wildman–Crippen MR) is 61.7 cm³/mol. The van der Waals surface area contributed by atoms with Crippen molar-refractivity contribution in [1.82, 2.24) is 0 Å². The highest BCUT2D eigenvalue weighted by Gasteiger charge is 2.48. The summed E-state index contributed by atoms with van der Waals surface area (Å²) in [5, 5.41) is 49.0. The van der Waals surface area contributed by atoms with Crippen molar-refractivity contribution in [1.29, 1.82) is 0 Å². The van der Waals surface area contributed by atoms with Gasteiger partial charge in [-0.2, -0.15) is 0 Å². The molecule has 0 amide bonds. The maximum Gasteiger partial charge on any atom is 0.113 e. The topological polar surface area (TPSA) is 110 Å². The smallest absolute Gasteiger partial charge is 0.113 e. The van der Waals surface area contributed by atoms with Gasteiger partial charge in [-0.1, -0.05) is 13.3 Å². The van der Waals surface area contributed by atoms with Crippen molar-refractivity contribution in [2.45, 2.75) is 56.4 Å². The van der Waals surface area contributed by atoms with Crippen LogP contribution in [0.4, 0.5) is 0 Å². The lowest BCUT2D eigenvalue weighted by atomic mass is 9.81. The lowest BCUT2D eigenvalue weighted by Crippen LogP contribution is -2.52. The van der Waals surface area contributed by atoms with Crippen LogP contribution in [0.3, 0.4) is 0 Å². The summed E-state index contributed by atoms with van der Waals surface area (Å²) in [5.74, 6) is 0. The number of aliphatic hydroxyl groups is 5. The zero-order valence-corrected chi connectivity index (χ0v) is 10.2. The van der Waals surface area contributed by atoms with Crippen molar-refractivity contribution >= 4 is 0 Å². The van der Waals surface area contributed by atoms with Crippen molar-refractivity contribution in [3.63, 3.8) is 0 Å². The highest BCUT2D eigenvalue weighted by molar-refractivity contribution is 5.36. The molecule has 0 saturated heterocycles. The molecule has 6 nitrogen and oxygen atoms in total. The summed E-state index contributed by atoms with van der Waals surface area (Å²) < 4.78 is 5.39. The van der Waals surface area contributed by atoms with Crippen LogP contribution in [0.2, 0.25) is 0 Å². The molecule has 5 N–H and O–H groups in total. The third kappa shape index (κ3) is 2.09. The molecule has 0 unspecified atom stereocenters. The molecule has 0 aromatic rings. The van der Waals surface area contributed by atoms with Crippen molar-refractivity contribution in [3.8, 4) is 0 Å². The van der Waals surface area contributed by atoms with Gasteiger partial charge in [0.05, 0.1) is 12.7 Å². The monoisotopic (exact) mass is 260 g/mol. The van der Waals surface area contributed by atoms with Crippen molar-refractivity contribution in [2.75, 3.05) is 6.61 Å². The zero-order valence-electron chi connectivity index (χ0n) is 10.2. The van der Waals surface area contributed by atoms with E-state index in [1.54, 1.807) is 0 Å². The summed E-state index contributed by atoms with van der Waals surface area (Å²) in [4.78, 5) is 0. The third-order valence-corrected chi connectivity index (χ3v) is 3.70. The number of hydrogen-bond acceptors (Lipinski definition) is 6. The number of hydrogen-bond donors (Lipinski definition) is 5. The van der Waals surface area contributed by atoms with Gasteiger partial charge in [0.25, 0.3) is 0 Å². The first-order valence-corrected chi connectivity index (χ1v) is 6.23. The van der Waals surface area contributed by atoms with E-state index in [1.165, 1.54) is 0 Å². The van der Waals surface area contributed by atoms with E-state index in [0.29, 0.717) is 17.6 Å². The van der Waals surface area contributed by atoms with E-state index in [2.05, 4.69) is 0 Å². The van der Waals surface area contributed by atoms with Gasteiger partial charge in [0, 0.05) is 0 Å². The molecule has 1 heterocycles. The predicted octanol–water partition coefficient (Wildman–Crippen LogP) is -1.70. The number of ether oxygens (including phenoxy) is 1. The summed E-state index contributed by atoms with van der Waals surface area (Å²) in [6.07, 6.45) is -5.69. The minimum Gasteiger partial charge on any atom is -0.390 e. The summed E-state index contributed by atoms with van der Waals surface area (Å²) in [5.41, 5.74) is 0.696. The molecule has 0 saturated carbocycles. The van der Waals surface area contributed by atoms with E-state index < -0.39 is 36.6 Å². The Bertz CT molecular complexity index is 341. The van der Waals surface area contributed by atoms with Crippen molar-refractivity contribution in [2.24, 2.45) is 0 Å². The maximum atomic E-state index is 9.95. The zero-order chi connectivity index (χ0) is 13.4. The lowest BCUT2D eigenvalue weighted by Gasteiger charge is -2.35. The first kappa shape index (κ1) is 13.9. The minimum absolute atomic E-state index is 0.0583. The van der Waals surface area contributed by atoms with E-state index in [-0.39, 0.29) is 6.61 Å². The Morgan fingerprint density at radius 2 is 1.78 bits per heavy atom. The Kier molecular flexibility index (Phi) is 4.05. The van der Waals surface area contributed by atoms with Crippen LogP contribution in [0.15, 0.2) is 11.1 Å². The number of aliphatic hydroxyl groups excluding tert-OH is 5. The highest BCUT2D eigenvalue weighted by Crippen LogP contribution is 2.36. The van der Waals surface area contributed by atoms with Crippen LogP contribution in [0.5, 0.6) is 0 Å². The first-order valence-electron chi connectivity index (χ1n) is 6.23. The Labute approximate surface area is 105 Å². The maximum absolute atomic E-state index is 9.95. The second-order valence-corrected chi connectivity index (χ2v) is 4.94. The molecule has 0 bridgehead atoms. The molecule has 0 radical (unpaired) electrons. The lowest BCUT2D eigenvalue weighted by molar-refractivity contribution is -0.0988. The van der Waals surface area contributed by atoms with Gasteiger partial charge in [-0.15, -0.1) is 0 Å². The Morgan fingerprint density at radius 1 is 1.17 bits per heavy atom. The van der Waals surface area contributed by atoms with E-state index in [0.717, 1.165) is 6.42 Å². The Hall–Kier alpha value is -0.500. The van der Waals surface area contributed by atoms with Crippen molar-refractivity contribution in [3.05, 3.63) is 11.1 Å². The van der Waals surface area contributed by atoms with E-state index in [1.807, 2.05) is 6.92 Å². The van der Waals surface area contributed by atoms with E-state index >= 15 is 0 Å². The molecule has 0 aromatic heterocycles. The quantitative estimate of drug-likeness (QED) is 0.387. The first-order chi connectivity index (χ1) is 8.49. The number of rotatable bonds is 3. The second-order valence-electron chi connectivity index (χ2n) is 4.94. The van der Waals surface area contributed by atoms with Gasteiger partial charge in [-0.3, -0.25) is 0 Å². The van der Waals surface area contributed by atoms with Gasteiger partial charge in [-0.25, -0.2) is 0 Å². The summed E-state index contributed by atoms with van der Waals surface area (Å²) in [7, 11) is 0. The van der Waals surface area contributed by atoms with Gasteiger partial charge in [0.1, 0.15) is 30.5 Å².